The topological polar surface area (TPSA) is 85.8 Å². The quantitative estimate of drug-likeness (QED) is 0.703. The summed E-state index contributed by atoms with van der Waals surface area (Å²) in [5, 5.41) is 2.83. The number of amides is 3. The van der Waals surface area contributed by atoms with E-state index in [1.807, 2.05) is 26.0 Å². The molecule has 3 amide bonds. The minimum atomic E-state index is -0.345. The van der Waals surface area contributed by atoms with Gasteiger partial charge in [-0.05, 0) is 49.7 Å². The molecular formula is C24H29N5O3. The summed E-state index contributed by atoms with van der Waals surface area (Å²) in [5.41, 5.74) is 1.55. The van der Waals surface area contributed by atoms with Gasteiger partial charge in [0.2, 0.25) is 0 Å². The van der Waals surface area contributed by atoms with Crippen LogP contribution in [0.15, 0.2) is 36.5 Å². The van der Waals surface area contributed by atoms with Crippen molar-refractivity contribution in [3.63, 3.8) is 0 Å². The molecule has 2 aliphatic rings. The van der Waals surface area contributed by atoms with Gasteiger partial charge < -0.3 is 15.1 Å². The Bertz CT molecular complexity index is 1030. The average Bonchev–Trinajstić information content (AvgIpc) is 3.02. The lowest BCUT2D eigenvalue weighted by molar-refractivity contribution is 0.0647. The number of nitrogens with one attached hydrogen (secondary N) is 1. The van der Waals surface area contributed by atoms with Gasteiger partial charge in [-0.15, -0.1) is 0 Å². The molecule has 4 rings (SSSR count). The van der Waals surface area contributed by atoms with E-state index in [0.29, 0.717) is 29.3 Å². The molecule has 0 radical (unpaired) electrons. The Balaban J connectivity index is 1.43. The van der Waals surface area contributed by atoms with E-state index in [1.165, 1.54) is 11.0 Å². The standard InChI is InChI=1S/C24H29N5O3/c1-16(2)8-9-29-23(31)19-6-4-17(14-20(19)24(29)32)22(30)26-18-5-7-21(25-15-18)28-12-10-27(3)11-13-28/h4-7,14-16H,8-13H2,1-3H3,(H,26,30). The molecule has 0 unspecified atom stereocenters. The Labute approximate surface area is 188 Å². The number of carbonyl (C=O) groups excluding carboxylic acids is 3. The van der Waals surface area contributed by atoms with Gasteiger partial charge in [-0.3, -0.25) is 19.3 Å². The fourth-order valence-electron chi connectivity index (χ4n) is 3.91. The Morgan fingerprint density at radius 3 is 2.41 bits per heavy atom. The van der Waals surface area contributed by atoms with Crippen molar-refractivity contribution in [3.8, 4) is 0 Å². The maximum atomic E-state index is 12.8. The first-order valence-corrected chi connectivity index (χ1v) is 11.0. The number of carbonyl (C=O) groups is 3. The monoisotopic (exact) mass is 435 g/mol. The fraction of sp³-hybridized carbons (Fsp3) is 0.417. The van der Waals surface area contributed by atoms with Crippen LogP contribution in [0.5, 0.6) is 0 Å². The Morgan fingerprint density at radius 1 is 1.03 bits per heavy atom. The predicted octanol–water partition coefficient (Wildman–Crippen LogP) is 2.73. The number of hydrogen-bond acceptors (Lipinski definition) is 6. The zero-order valence-electron chi connectivity index (χ0n) is 18.8. The number of benzene rings is 1. The average molecular weight is 436 g/mol. The van der Waals surface area contributed by atoms with Crippen molar-refractivity contribution in [2.75, 3.05) is 50.0 Å². The molecule has 8 nitrogen and oxygen atoms in total. The second kappa shape index (κ2) is 9.08. The van der Waals surface area contributed by atoms with E-state index in [9.17, 15) is 14.4 Å². The number of rotatable bonds is 6. The highest BCUT2D eigenvalue weighted by Gasteiger charge is 2.35. The number of likely N-dealkylation sites (N-methyl/N-ethyl adjacent to an activating group) is 1. The summed E-state index contributed by atoms with van der Waals surface area (Å²) >= 11 is 0. The Kier molecular flexibility index (Phi) is 6.23. The summed E-state index contributed by atoms with van der Waals surface area (Å²) < 4.78 is 0. The van der Waals surface area contributed by atoms with Gasteiger partial charge in [-0.25, -0.2) is 4.98 Å². The third-order valence-electron chi connectivity index (χ3n) is 6.00. The zero-order chi connectivity index (χ0) is 22.8. The molecule has 1 fully saturated rings. The van der Waals surface area contributed by atoms with Crippen LogP contribution in [0.4, 0.5) is 11.5 Å². The highest BCUT2D eigenvalue weighted by Crippen LogP contribution is 2.25. The van der Waals surface area contributed by atoms with Crippen molar-refractivity contribution < 1.29 is 14.4 Å². The van der Waals surface area contributed by atoms with Crippen LogP contribution in [0.2, 0.25) is 0 Å². The van der Waals surface area contributed by atoms with Gasteiger partial charge in [-0.2, -0.15) is 0 Å². The maximum absolute atomic E-state index is 12.8. The second-order valence-electron chi connectivity index (χ2n) is 8.85. The molecule has 2 aromatic rings. The van der Waals surface area contributed by atoms with E-state index in [1.54, 1.807) is 18.3 Å². The van der Waals surface area contributed by atoms with E-state index < -0.39 is 0 Å². The molecule has 0 bridgehead atoms. The van der Waals surface area contributed by atoms with Gasteiger partial charge in [0.05, 0.1) is 23.0 Å². The van der Waals surface area contributed by atoms with Crippen LogP contribution in [0.1, 0.15) is 51.3 Å². The predicted molar refractivity (Wildman–Crippen MR) is 123 cm³/mol. The van der Waals surface area contributed by atoms with Gasteiger partial charge in [0.15, 0.2) is 0 Å². The lowest BCUT2D eigenvalue weighted by Gasteiger charge is -2.33. The van der Waals surface area contributed by atoms with Crippen molar-refractivity contribution in [2.45, 2.75) is 20.3 Å². The molecule has 0 spiro atoms. The number of anilines is 2. The van der Waals surface area contributed by atoms with Crippen molar-refractivity contribution in [2.24, 2.45) is 5.92 Å². The van der Waals surface area contributed by atoms with Crippen LogP contribution in [0.3, 0.4) is 0 Å². The van der Waals surface area contributed by atoms with Gasteiger partial charge in [0.25, 0.3) is 17.7 Å². The van der Waals surface area contributed by atoms with Crippen molar-refractivity contribution in [3.05, 3.63) is 53.2 Å². The fourth-order valence-corrected chi connectivity index (χ4v) is 3.91. The summed E-state index contributed by atoms with van der Waals surface area (Å²) in [7, 11) is 2.11. The molecule has 1 saturated heterocycles. The van der Waals surface area contributed by atoms with Gasteiger partial charge in [-0.1, -0.05) is 13.8 Å². The van der Waals surface area contributed by atoms with Crippen LogP contribution in [0, 0.1) is 5.92 Å². The normalized spacial score (nSPS) is 16.6. The van der Waals surface area contributed by atoms with E-state index >= 15 is 0 Å². The molecule has 1 N–H and O–H groups in total. The molecule has 2 aliphatic heterocycles. The van der Waals surface area contributed by atoms with Crippen molar-refractivity contribution >= 4 is 29.2 Å². The minimum absolute atomic E-state index is 0.287. The third kappa shape index (κ3) is 4.50. The third-order valence-corrected chi connectivity index (χ3v) is 6.00. The summed E-state index contributed by atoms with van der Waals surface area (Å²) in [6.45, 7) is 8.32. The zero-order valence-corrected chi connectivity index (χ0v) is 18.8. The van der Waals surface area contributed by atoms with Crippen LogP contribution >= 0.6 is 0 Å². The molecule has 3 heterocycles. The molecule has 168 valence electrons. The van der Waals surface area contributed by atoms with E-state index in [4.69, 9.17) is 0 Å². The molecule has 1 aromatic carbocycles. The summed E-state index contributed by atoms with van der Waals surface area (Å²) in [6, 6.07) is 8.38. The van der Waals surface area contributed by atoms with Crippen LogP contribution in [-0.2, 0) is 0 Å². The van der Waals surface area contributed by atoms with Crippen molar-refractivity contribution in [1.29, 1.82) is 0 Å². The summed E-state index contributed by atoms with van der Waals surface area (Å²) in [4.78, 5) is 48.3. The molecule has 8 heteroatoms. The lowest BCUT2D eigenvalue weighted by atomic mass is 10.1. The van der Waals surface area contributed by atoms with Gasteiger partial charge in [0, 0.05) is 38.3 Å². The van der Waals surface area contributed by atoms with Crippen LogP contribution < -0.4 is 10.2 Å². The highest BCUT2D eigenvalue weighted by atomic mass is 16.2. The molecule has 1 aromatic heterocycles. The molecular weight excluding hydrogens is 406 g/mol. The number of imide groups is 1. The Hall–Kier alpha value is -3.26. The Morgan fingerprint density at radius 2 is 1.75 bits per heavy atom. The first-order valence-electron chi connectivity index (χ1n) is 11.0. The number of aromatic nitrogens is 1. The lowest BCUT2D eigenvalue weighted by Crippen LogP contribution is -2.44. The van der Waals surface area contributed by atoms with Gasteiger partial charge in [0.1, 0.15) is 5.82 Å². The first-order chi connectivity index (χ1) is 15.3. The molecule has 0 atom stereocenters. The number of fused-ring (bicyclic) bond motifs is 1. The SMILES string of the molecule is CC(C)CCN1C(=O)c2ccc(C(=O)Nc3ccc(N4CCN(C)CC4)nc3)cc2C1=O. The van der Waals surface area contributed by atoms with Gasteiger partial charge >= 0.3 is 0 Å². The molecule has 0 saturated carbocycles. The smallest absolute Gasteiger partial charge is 0.261 e. The second-order valence-corrected chi connectivity index (χ2v) is 8.85. The number of piperazine rings is 1. The highest BCUT2D eigenvalue weighted by molar-refractivity contribution is 6.22. The summed E-state index contributed by atoms with van der Waals surface area (Å²) in [6.07, 6.45) is 2.39. The number of nitrogens with zero attached hydrogens (tertiary/aromatic N) is 4. The van der Waals surface area contributed by atoms with E-state index in [2.05, 4.69) is 27.1 Å². The number of hydrogen-bond donors (Lipinski definition) is 1. The summed E-state index contributed by atoms with van der Waals surface area (Å²) in [5.74, 6) is 0.304. The van der Waals surface area contributed by atoms with E-state index in [0.717, 1.165) is 38.4 Å². The largest absolute Gasteiger partial charge is 0.354 e. The molecule has 0 aliphatic carbocycles. The van der Waals surface area contributed by atoms with Crippen molar-refractivity contribution in [1.82, 2.24) is 14.8 Å². The van der Waals surface area contributed by atoms with Crippen LogP contribution in [0.25, 0.3) is 0 Å². The maximum Gasteiger partial charge on any atom is 0.261 e. The first kappa shape index (κ1) is 22.0. The molecule has 32 heavy (non-hydrogen) atoms. The minimum Gasteiger partial charge on any atom is -0.354 e. The van der Waals surface area contributed by atoms with E-state index in [-0.39, 0.29) is 23.3 Å². The van der Waals surface area contributed by atoms with Crippen LogP contribution in [-0.4, -0.2) is 72.3 Å². The number of pyridine rings is 1.